The van der Waals surface area contributed by atoms with E-state index in [2.05, 4.69) is 27.5 Å². The number of hydrogen-bond donors (Lipinski definition) is 2. The number of halogens is 2. The van der Waals surface area contributed by atoms with E-state index < -0.39 is 0 Å². The Morgan fingerprint density at radius 2 is 2.22 bits per heavy atom. The van der Waals surface area contributed by atoms with Crippen LogP contribution in [0.4, 0.5) is 4.39 Å². The van der Waals surface area contributed by atoms with Crippen molar-refractivity contribution in [1.29, 1.82) is 0 Å². The average molecular weight is 366 g/mol. The summed E-state index contributed by atoms with van der Waals surface area (Å²) in [4.78, 5) is 8.01. The summed E-state index contributed by atoms with van der Waals surface area (Å²) in [6.07, 6.45) is 3.78. The first-order valence-corrected chi connectivity index (χ1v) is 5.81. The molecular weight excluding hydrogens is 346 g/mol. The summed E-state index contributed by atoms with van der Waals surface area (Å²) >= 11 is 0. The molecule has 1 aromatic rings. The van der Waals surface area contributed by atoms with Crippen LogP contribution in [-0.4, -0.2) is 24.5 Å². The first-order chi connectivity index (χ1) is 8.27. The van der Waals surface area contributed by atoms with Crippen molar-refractivity contribution in [2.75, 3.05) is 13.6 Å². The molecule has 0 aliphatic rings. The van der Waals surface area contributed by atoms with Crippen LogP contribution in [0.15, 0.2) is 23.3 Å². The molecule has 0 unspecified atom stereocenters. The highest BCUT2D eigenvalue weighted by atomic mass is 127. The third kappa shape index (κ3) is 6.13. The van der Waals surface area contributed by atoms with Crippen LogP contribution >= 0.6 is 24.0 Å². The molecule has 4 nitrogen and oxygen atoms in total. The molecule has 1 rings (SSSR count). The quantitative estimate of drug-likeness (QED) is 0.364. The summed E-state index contributed by atoms with van der Waals surface area (Å²) in [5, 5.41) is 6.17. The molecule has 1 heterocycles. The maximum absolute atomic E-state index is 13.3. The van der Waals surface area contributed by atoms with Gasteiger partial charge in [0, 0.05) is 19.8 Å². The lowest BCUT2D eigenvalue weighted by molar-refractivity contribution is 0.592. The number of aromatic nitrogens is 1. The van der Waals surface area contributed by atoms with Crippen LogP contribution in [0.5, 0.6) is 0 Å². The maximum Gasteiger partial charge on any atom is 0.191 e. The largest absolute Gasteiger partial charge is 0.356 e. The predicted molar refractivity (Wildman–Crippen MR) is 82.7 cm³/mol. The van der Waals surface area contributed by atoms with E-state index in [1.807, 2.05) is 0 Å². The lowest BCUT2D eigenvalue weighted by Gasteiger charge is -2.11. The Bertz CT molecular complexity index is 371. The predicted octanol–water partition coefficient (Wildman–Crippen LogP) is 2.30. The zero-order valence-electron chi connectivity index (χ0n) is 10.7. The molecule has 0 aliphatic carbocycles. The first-order valence-electron chi connectivity index (χ1n) is 5.81. The van der Waals surface area contributed by atoms with Crippen molar-refractivity contribution in [3.05, 3.63) is 29.8 Å². The highest BCUT2D eigenvalue weighted by molar-refractivity contribution is 14.0. The monoisotopic (exact) mass is 366 g/mol. The zero-order valence-corrected chi connectivity index (χ0v) is 13.1. The summed E-state index contributed by atoms with van der Waals surface area (Å²) in [6, 6.07) is 2.98. The molecule has 0 bridgehead atoms. The molecule has 0 atom stereocenters. The molecule has 0 aliphatic heterocycles. The summed E-state index contributed by atoms with van der Waals surface area (Å²) < 4.78 is 13.3. The van der Waals surface area contributed by atoms with E-state index in [0.717, 1.165) is 19.4 Å². The van der Waals surface area contributed by atoms with Crippen molar-refractivity contribution in [3.63, 3.8) is 0 Å². The van der Waals surface area contributed by atoms with Gasteiger partial charge in [0.1, 0.15) is 5.82 Å². The van der Waals surface area contributed by atoms with E-state index >= 15 is 0 Å². The van der Waals surface area contributed by atoms with Gasteiger partial charge in [0.2, 0.25) is 0 Å². The molecule has 0 amide bonds. The molecule has 102 valence electrons. The number of nitrogens with zero attached hydrogens (tertiary/aromatic N) is 2. The van der Waals surface area contributed by atoms with Gasteiger partial charge in [0.25, 0.3) is 0 Å². The van der Waals surface area contributed by atoms with Crippen molar-refractivity contribution in [2.24, 2.45) is 4.99 Å². The van der Waals surface area contributed by atoms with E-state index in [9.17, 15) is 4.39 Å². The normalized spacial score (nSPS) is 10.7. The zero-order chi connectivity index (χ0) is 12.5. The Morgan fingerprint density at radius 1 is 1.44 bits per heavy atom. The van der Waals surface area contributed by atoms with Crippen LogP contribution in [0, 0.1) is 5.82 Å². The number of guanidine groups is 1. The van der Waals surface area contributed by atoms with Crippen molar-refractivity contribution in [2.45, 2.75) is 26.3 Å². The topological polar surface area (TPSA) is 49.3 Å². The molecule has 2 N–H and O–H groups in total. The number of nitrogens with one attached hydrogen (secondary N) is 2. The maximum atomic E-state index is 13.3. The second kappa shape index (κ2) is 10.0. The molecule has 0 fully saturated rings. The van der Waals surface area contributed by atoms with Gasteiger partial charge >= 0.3 is 0 Å². The highest BCUT2D eigenvalue weighted by Gasteiger charge is 2.03. The second-order valence-corrected chi connectivity index (χ2v) is 3.64. The van der Waals surface area contributed by atoms with Gasteiger partial charge in [-0.25, -0.2) is 4.39 Å². The molecule has 0 saturated carbocycles. The fraction of sp³-hybridized carbons (Fsp3) is 0.500. The number of hydrogen-bond acceptors (Lipinski definition) is 2. The van der Waals surface area contributed by atoms with Crippen LogP contribution in [0.25, 0.3) is 0 Å². The Hall–Kier alpha value is -0.920. The Labute approximate surface area is 125 Å². The summed E-state index contributed by atoms with van der Waals surface area (Å²) in [5.74, 6) is 0.368. The lowest BCUT2D eigenvalue weighted by Crippen LogP contribution is -2.37. The molecule has 0 aromatic carbocycles. The van der Waals surface area contributed by atoms with Crippen molar-refractivity contribution >= 4 is 29.9 Å². The van der Waals surface area contributed by atoms with Gasteiger partial charge in [-0.05, 0) is 18.6 Å². The number of aliphatic imine (C=N–C) groups is 1. The van der Waals surface area contributed by atoms with Crippen LogP contribution in [0.1, 0.15) is 25.5 Å². The molecule has 0 radical (unpaired) electrons. The third-order valence-corrected chi connectivity index (χ3v) is 2.30. The van der Waals surface area contributed by atoms with E-state index in [-0.39, 0.29) is 29.8 Å². The smallest absolute Gasteiger partial charge is 0.191 e. The molecule has 1 aromatic heterocycles. The first kappa shape index (κ1) is 17.1. The second-order valence-electron chi connectivity index (χ2n) is 3.64. The summed E-state index contributed by atoms with van der Waals surface area (Å²) in [7, 11) is 1.69. The third-order valence-electron chi connectivity index (χ3n) is 2.30. The van der Waals surface area contributed by atoms with Gasteiger partial charge in [-0.3, -0.25) is 9.98 Å². The lowest BCUT2D eigenvalue weighted by atomic mass is 10.3. The minimum atomic E-state index is -0.302. The van der Waals surface area contributed by atoms with Crippen LogP contribution in [0.3, 0.4) is 0 Å². The fourth-order valence-corrected chi connectivity index (χ4v) is 1.32. The van der Waals surface area contributed by atoms with Gasteiger partial charge in [-0.15, -0.1) is 24.0 Å². The number of pyridine rings is 1. The molecule has 18 heavy (non-hydrogen) atoms. The van der Waals surface area contributed by atoms with Crippen LogP contribution < -0.4 is 10.6 Å². The van der Waals surface area contributed by atoms with E-state index in [1.165, 1.54) is 6.07 Å². The molecule has 0 spiro atoms. The molecular formula is C12H20FIN4. The van der Waals surface area contributed by atoms with Gasteiger partial charge in [0.15, 0.2) is 5.96 Å². The van der Waals surface area contributed by atoms with E-state index in [0.29, 0.717) is 18.2 Å². The summed E-state index contributed by atoms with van der Waals surface area (Å²) in [5.41, 5.74) is 0.394. The standard InChI is InChI=1S/C12H19FN4.HI/c1-3-4-7-16-12(14-2)17-9-11-10(13)6-5-8-15-11;/h5-6,8H,3-4,7,9H2,1-2H3,(H2,14,16,17);1H. The minimum Gasteiger partial charge on any atom is -0.356 e. The van der Waals surface area contributed by atoms with Gasteiger partial charge in [-0.1, -0.05) is 13.3 Å². The number of rotatable bonds is 5. The SMILES string of the molecule is CCCCNC(=NC)NCc1ncccc1F.I. The van der Waals surface area contributed by atoms with Gasteiger partial charge < -0.3 is 10.6 Å². The van der Waals surface area contributed by atoms with Crippen molar-refractivity contribution < 1.29 is 4.39 Å². The Balaban J connectivity index is 0.00000289. The Morgan fingerprint density at radius 3 is 2.83 bits per heavy atom. The molecule has 6 heteroatoms. The minimum absolute atomic E-state index is 0. The average Bonchev–Trinajstić information content (AvgIpc) is 2.35. The number of unbranched alkanes of at least 4 members (excludes halogenated alkanes) is 1. The van der Waals surface area contributed by atoms with Crippen LogP contribution in [-0.2, 0) is 6.54 Å². The highest BCUT2D eigenvalue weighted by Crippen LogP contribution is 2.01. The van der Waals surface area contributed by atoms with Crippen molar-refractivity contribution in [1.82, 2.24) is 15.6 Å². The van der Waals surface area contributed by atoms with E-state index in [4.69, 9.17) is 0 Å². The summed E-state index contributed by atoms with van der Waals surface area (Å²) in [6.45, 7) is 3.32. The van der Waals surface area contributed by atoms with E-state index in [1.54, 1.807) is 19.3 Å². The van der Waals surface area contributed by atoms with Gasteiger partial charge in [0.05, 0.1) is 12.2 Å². The van der Waals surface area contributed by atoms with Crippen molar-refractivity contribution in [3.8, 4) is 0 Å². The fourth-order valence-electron chi connectivity index (χ4n) is 1.32. The van der Waals surface area contributed by atoms with Gasteiger partial charge in [-0.2, -0.15) is 0 Å². The Kier molecular flexibility index (Phi) is 9.53. The van der Waals surface area contributed by atoms with Crippen LogP contribution in [0.2, 0.25) is 0 Å². The molecule has 0 saturated heterocycles.